The van der Waals surface area contributed by atoms with Gasteiger partial charge in [-0.1, -0.05) is 15.9 Å². The van der Waals surface area contributed by atoms with Crippen LogP contribution in [-0.4, -0.2) is 18.9 Å². The number of esters is 1. The zero-order valence-electron chi connectivity index (χ0n) is 10.4. The lowest BCUT2D eigenvalue weighted by Crippen LogP contribution is -2.03. The molecule has 1 aromatic carbocycles. The highest BCUT2D eigenvalue weighted by Gasteiger charge is 2.18. The van der Waals surface area contributed by atoms with Gasteiger partial charge in [-0.3, -0.25) is 4.79 Å². The predicted octanol–water partition coefficient (Wildman–Crippen LogP) is 3.37. The van der Waals surface area contributed by atoms with Gasteiger partial charge < -0.3 is 9.15 Å². The quantitative estimate of drug-likeness (QED) is 0.642. The van der Waals surface area contributed by atoms with Crippen LogP contribution in [0.4, 0.5) is 0 Å². The highest BCUT2D eigenvalue weighted by atomic mass is 79.9. The van der Waals surface area contributed by atoms with E-state index in [0.29, 0.717) is 5.56 Å². The maximum absolute atomic E-state index is 12.2. The number of ketones is 1. The van der Waals surface area contributed by atoms with Gasteiger partial charge in [-0.05, 0) is 42.8 Å². The van der Waals surface area contributed by atoms with E-state index < -0.39 is 5.97 Å². The second-order valence-corrected chi connectivity index (χ2v) is 4.86. The second-order valence-electron chi connectivity index (χ2n) is 3.94. The Balaban J connectivity index is 2.34. The molecule has 0 saturated heterocycles. The summed E-state index contributed by atoms with van der Waals surface area (Å²) in [6.45, 7) is 1.84. The van der Waals surface area contributed by atoms with Gasteiger partial charge in [0.05, 0.1) is 7.11 Å². The Morgan fingerprint density at radius 3 is 2.47 bits per heavy atom. The first-order valence-electron chi connectivity index (χ1n) is 5.52. The Labute approximate surface area is 118 Å². The molecule has 0 amide bonds. The molecule has 0 bridgehead atoms. The first kappa shape index (κ1) is 13.5. The fourth-order valence-electron chi connectivity index (χ4n) is 1.68. The van der Waals surface area contributed by atoms with E-state index in [9.17, 15) is 9.59 Å². The number of aryl methyl sites for hydroxylation is 1. The van der Waals surface area contributed by atoms with Crippen molar-refractivity contribution in [1.82, 2.24) is 0 Å². The molecule has 1 heterocycles. The van der Waals surface area contributed by atoms with Crippen LogP contribution < -0.4 is 0 Å². The molecule has 5 heteroatoms. The molecule has 0 unspecified atom stereocenters. The van der Waals surface area contributed by atoms with Crippen LogP contribution in [0.15, 0.2) is 39.2 Å². The maximum atomic E-state index is 12.2. The molecule has 0 radical (unpaired) electrons. The highest BCUT2D eigenvalue weighted by Crippen LogP contribution is 2.20. The fourth-order valence-corrected chi connectivity index (χ4v) is 2.16. The van der Waals surface area contributed by atoms with Crippen LogP contribution in [0.2, 0.25) is 0 Å². The number of carbonyl (C=O) groups is 2. The molecule has 98 valence electrons. The van der Waals surface area contributed by atoms with Gasteiger partial charge in [-0.2, -0.15) is 0 Å². The average molecular weight is 323 g/mol. The SMILES string of the molecule is COC(=O)c1ccc(C(=O)c2ccc(Br)cc2C)o1. The standard InChI is InChI=1S/C14H11BrO4/c1-8-7-9(15)3-4-10(8)13(16)11-5-6-12(19-11)14(17)18-2/h3-7H,1-2H3. The third-order valence-corrected chi connectivity index (χ3v) is 3.14. The Bertz CT molecular complexity index is 643. The smallest absolute Gasteiger partial charge is 0.373 e. The van der Waals surface area contributed by atoms with Crippen molar-refractivity contribution >= 4 is 27.7 Å². The first-order valence-corrected chi connectivity index (χ1v) is 6.31. The van der Waals surface area contributed by atoms with E-state index in [1.165, 1.54) is 19.2 Å². The van der Waals surface area contributed by atoms with Crippen LogP contribution >= 0.6 is 15.9 Å². The minimum atomic E-state index is -0.605. The molecule has 0 aliphatic rings. The van der Waals surface area contributed by atoms with Gasteiger partial charge in [0, 0.05) is 10.0 Å². The van der Waals surface area contributed by atoms with Gasteiger partial charge in [0.2, 0.25) is 11.5 Å². The topological polar surface area (TPSA) is 56.5 Å². The lowest BCUT2D eigenvalue weighted by Gasteiger charge is -2.03. The van der Waals surface area contributed by atoms with Crippen molar-refractivity contribution in [1.29, 1.82) is 0 Å². The highest BCUT2D eigenvalue weighted by molar-refractivity contribution is 9.10. The number of hydrogen-bond donors (Lipinski definition) is 0. The summed E-state index contributed by atoms with van der Waals surface area (Å²) in [6, 6.07) is 8.23. The zero-order valence-corrected chi connectivity index (χ0v) is 12.0. The molecule has 0 atom stereocenters. The average Bonchev–Trinajstić information content (AvgIpc) is 2.86. The van der Waals surface area contributed by atoms with Crippen molar-refractivity contribution in [2.45, 2.75) is 6.92 Å². The first-order chi connectivity index (χ1) is 9.02. The molecule has 0 aliphatic carbocycles. The number of ether oxygens (including phenoxy) is 1. The van der Waals surface area contributed by atoms with Crippen molar-refractivity contribution in [2.75, 3.05) is 7.11 Å². The van der Waals surface area contributed by atoms with Crippen LogP contribution in [0, 0.1) is 6.92 Å². The van der Waals surface area contributed by atoms with Gasteiger partial charge in [0.1, 0.15) is 0 Å². The van der Waals surface area contributed by atoms with Gasteiger partial charge in [0.25, 0.3) is 0 Å². The minimum absolute atomic E-state index is 0.0145. The Morgan fingerprint density at radius 1 is 1.16 bits per heavy atom. The van der Waals surface area contributed by atoms with E-state index in [0.717, 1.165) is 10.0 Å². The Kier molecular flexibility index (Phi) is 3.85. The summed E-state index contributed by atoms with van der Waals surface area (Å²) in [6.07, 6.45) is 0. The zero-order chi connectivity index (χ0) is 14.0. The maximum Gasteiger partial charge on any atom is 0.373 e. The van der Waals surface area contributed by atoms with E-state index in [-0.39, 0.29) is 17.3 Å². The largest absolute Gasteiger partial charge is 0.463 e. The molecular weight excluding hydrogens is 312 g/mol. The lowest BCUT2D eigenvalue weighted by molar-refractivity contribution is 0.0563. The number of rotatable bonds is 3. The normalized spacial score (nSPS) is 10.3. The third-order valence-electron chi connectivity index (χ3n) is 2.65. The van der Waals surface area contributed by atoms with Gasteiger partial charge >= 0.3 is 5.97 Å². The third kappa shape index (κ3) is 2.76. The minimum Gasteiger partial charge on any atom is -0.463 e. The van der Waals surface area contributed by atoms with Crippen LogP contribution in [0.5, 0.6) is 0 Å². The monoisotopic (exact) mass is 322 g/mol. The van der Waals surface area contributed by atoms with Crippen LogP contribution in [0.3, 0.4) is 0 Å². The van der Waals surface area contributed by atoms with Gasteiger partial charge in [0.15, 0.2) is 5.76 Å². The number of furan rings is 1. The predicted molar refractivity (Wildman–Crippen MR) is 72.4 cm³/mol. The number of methoxy groups -OCH3 is 1. The summed E-state index contributed by atoms with van der Waals surface area (Å²) in [7, 11) is 1.26. The summed E-state index contributed by atoms with van der Waals surface area (Å²) in [4.78, 5) is 23.5. The van der Waals surface area contributed by atoms with Crippen molar-refractivity contribution < 1.29 is 18.7 Å². The summed E-state index contributed by atoms with van der Waals surface area (Å²) < 4.78 is 10.6. The molecule has 0 spiro atoms. The van der Waals surface area contributed by atoms with Crippen LogP contribution in [0.25, 0.3) is 0 Å². The molecule has 0 fully saturated rings. The lowest BCUT2D eigenvalue weighted by atomic mass is 10.0. The molecule has 0 aliphatic heterocycles. The number of benzene rings is 1. The van der Waals surface area contributed by atoms with Crippen molar-refractivity contribution in [3.8, 4) is 0 Å². The fraction of sp³-hybridized carbons (Fsp3) is 0.143. The molecule has 2 rings (SSSR count). The molecule has 19 heavy (non-hydrogen) atoms. The summed E-state index contributed by atoms with van der Waals surface area (Å²) in [5.41, 5.74) is 1.37. The molecule has 4 nitrogen and oxygen atoms in total. The van der Waals surface area contributed by atoms with E-state index in [4.69, 9.17) is 4.42 Å². The molecule has 2 aromatic rings. The molecule has 1 aromatic heterocycles. The van der Waals surface area contributed by atoms with Crippen molar-refractivity contribution in [3.05, 3.63) is 57.5 Å². The number of halogens is 1. The molecule has 0 N–H and O–H groups in total. The van der Waals surface area contributed by atoms with Crippen molar-refractivity contribution in [3.63, 3.8) is 0 Å². The van der Waals surface area contributed by atoms with E-state index in [1.807, 2.05) is 13.0 Å². The summed E-state index contributed by atoms with van der Waals surface area (Å²) in [5.74, 6) is -0.738. The van der Waals surface area contributed by atoms with Crippen LogP contribution in [-0.2, 0) is 4.74 Å². The van der Waals surface area contributed by atoms with Crippen LogP contribution in [0.1, 0.15) is 32.2 Å². The Hall–Kier alpha value is -1.88. The Morgan fingerprint density at radius 2 is 1.84 bits per heavy atom. The van der Waals surface area contributed by atoms with E-state index >= 15 is 0 Å². The van der Waals surface area contributed by atoms with Gasteiger partial charge in [-0.15, -0.1) is 0 Å². The summed E-state index contributed by atoms with van der Waals surface area (Å²) in [5, 5.41) is 0. The number of hydrogen-bond acceptors (Lipinski definition) is 4. The van der Waals surface area contributed by atoms with E-state index in [2.05, 4.69) is 20.7 Å². The van der Waals surface area contributed by atoms with Gasteiger partial charge in [-0.25, -0.2) is 4.79 Å². The van der Waals surface area contributed by atoms with E-state index in [1.54, 1.807) is 12.1 Å². The molecular formula is C14H11BrO4. The number of carbonyl (C=O) groups excluding carboxylic acids is 2. The molecule has 0 saturated carbocycles. The second kappa shape index (κ2) is 5.40. The summed E-state index contributed by atoms with van der Waals surface area (Å²) >= 11 is 3.34. The van der Waals surface area contributed by atoms with Crippen molar-refractivity contribution in [2.24, 2.45) is 0 Å².